The van der Waals surface area contributed by atoms with Crippen LogP contribution >= 0.6 is 0 Å². The number of hydrogen-bond donors (Lipinski definition) is 1. The van der Waals surface area contributed by atoms with Gasteiger partial charge in [0.1, 0.15) is 0 Å². The molecule has 3 rings (SSSR count). The number of hydrogen-bond acceptors (Lipinski definition) is 1. The topological polar surface area (TPSA) is 12.0 Å². The first-order valence-corrected chi connectivity index (χ1v) is 8.16. The third-order valence-electron chi connectivity index (χ3n) is 5.28. The summed E-state index contributed by atoms with van der Waals surface area (Å²) < 4.78 is 0. The zero-order valence-corrected chi connectivity index (χ0v) is 13.5. The standard InChI is InChI=1S/C19H29N/c1-14-7-5-6-8-15(14)10-19(13-20-18(2,3)4)11-16-9-17(16)12-19/h5-8,16-17,20H,9-13H2,1-4H3. The molecule has 2 saturated carbocycles. The summed E-state index contributed by atoms with van der Waals surface area (Å²) in [5.41, 5.74) is 3.76. The molecule has 0 aromatic heterocycles. The van der Waals surface area contributed by atoms with Crippen molar-refractivity contribution in [3.05, 3.63) is 35.4 Å². The molecule has 0 aliphatic heterocycles. The van der Waals surface area contributed by atoms with Gasteiger partial charge in [0.2, 0.25) is 0 Å². The van der Waals surface area contributed by atoms with E-state index in [-0.39, 0.29) is 5.54 Å². The van der Waals surface area contributed by atoms with E-state index in [0.717, 1.165) is 11.8 Å². The van der Waals surface area contributed by atoms with Crippen LogP contribution in [0.2, 0.25) is 0 Å². The molecule has 1 nitrogen and oxygen atoms in total. The van der Waals surface area contributed by atoms with Crippen LogP contribution < -0.4 is 5.32 Å². The van der Waals surface area contributed by atoms with Gasteiger partial charge in [0.25, 0.3) is 0 Å². The molecule has 0 amide bonds. The zero-order valence-electron chi connectivity index (χ0n) is 13.5. The minimum absolute atomic E-state index is 0.228. The fourth-order valence-corrected chi connectivity index (χ4v) is 4.02. The second kappa shape index (κ2) is 4.87. The highest BCUT2D eigenvalue weighted by molar-refractivity contribution is 5.27. The van der Waals surface area contributed by atoms with E-state index in [4.69, 9.17) is 0 Å². The van der Waals surface area contributed by atoms with Crippen LogP contribution in [0.15, 0.2) is 24.3 Å². The Morgan fingerprint density at radius 3 is 2.40 bits per heavy atom. The van der Waals surface area contributed by atoms with Crippen molar-refractivity contribution in [1.29, 1.82) is 0 Å². The summed E-state index contributed by atoms with van der Waals surface area (Å²) in [6.07, 6.45) is 5.64. The molecule has 20 heavy (non-hydrogen) atoms. The van der Waals surface area contributed by atoms with Crippen LogP contribution in [-0.2, 0) is 6.42 Å². The van der Waals surface area contributed by atoms with Crippen LogP contribution in [-0.4, -0.2) is 12.1 Å². The lowest BCUT2D eigenvalue weighted by molar-refractivity contribution is 0.222. The first-order chi connectivity index (χ1) is 9.37. The fourth-order valence-electron chi connectivity index (χ4n) is 4.02. The molecule has 0 radical (unpaired) electrons. The smallest absolute Gasteiger partial charge is 0.00967 e. The Balaban J connectivity index is 1.75. The van der Waals surface area contributed by atoms with Gasteiger partial charge in [-0.25, -0.2) is 0 Å². The third-order valence-corrected chi connectivity index (χ3v) is 5.28. The van der Waals surface area contributed by atoms with E-state index in [0.29, 0.717) is 5.41 Å². The number of aryl methyl sites for hydroxylation is 1. The first kappa shape index (κ1) is 14.1. The molecule has 0 heterocycles. The Morgan fingerprint density at radius 1 is 1.15 bits per heavy atom. The zero-order chi connectivity index (χ0) is 14.4. The summed E-state index contributed by atoms with van der Waals surface area (Å²) in [4.78, 5) is 0. The van der Waals surface area contributed by atoms with Crippen molar-refractivity contribution in [2.24, 2.45) is 17.3 Å². The summed E-state index contributed by atoms with van der Waals surface area (Å²) in [6, 6.07) is 8.95. The maximum absolute atomic E-state index is 3.79. The summed E-state index contributed by atoms with van der Waals surface area (Å²) >= 11 is 0. The average molecular weight is 271 g/mol. The Bertz CT molecular complexity index is 473. The van der Waals surface area contributed by atoms with Gasteiger partial charge >= 0.3 is 0 Å². The van der Waals surface area contributed by atoms with Crippen LogP contribution in [0.4, 0.5) is 0 Å². The lowest BCUT2D eigenvalue weighted by atomic mass is 9.76. The second-order valence-electron chi connectivity index (χ2n) is 8.37. The minimum atomic E-state index is 0.228. The lowest BCUT2D eigenvalue weighted by Gasteiger charge is -2.35. The highest BCUT2D eigenvalue weighted by Gasteiger charge is 2.53. The predicted molar refractivity (Wildman–Crippen MR) is 85.9 cm³/mol. The van der Waals surface area contributed by atoms with Crippen LogP contribution in [0.3, 0.4) is 0 Å². The van der Waals surface area contributed by atoms with Gasteiger partial charge in [0.05, 0.1) is 0 Å². The van der Waals surface area contributed by atoms with Crippen LogP contribution in [0, 0.1) is 24.2 Å². The van der Waals surface area contributed by atoms with Gasteiger partial charge in [-0.1, -0.05) is 24.3 Å². The monoisotopic (exact) mass is 271 g/mol. The quantitative estimate of drug-likeness (QED) is 0.859. The summed E-state index contributed by atoms with van der Waals surface area (Å²) in [7, 11) is 0. The Hall–Kier alpha value is -0.820. The van der Waals surface area contributed by atoms with Gasteiger partial charge in [-0.15, -0.1) is 0 Å². The van der Waals surface area contributed by atoms with E-state index in [1.54, 1.807) is 5.56 Å². The Kier molecular flexibility index (Phi) is 3.44. The van der Waals surface area contributed by atoms with Crippen molar-refractivity contribution in [2.45, 2.75) is 58.9 Å². The maximum atomic E-state index is 3.79. The highest BCUT2D eigenvalue weighted by atomic mass is 15.0. The molecule has 1 N–H and O–H groups in total. The molecule has 2 unspecified atom stereocenters. The van der Waals surface area contributed by atoms with Gasteiger partial charge in [-0.2, -0.15) is 0 Å². The number of rotatable bonds is 4. The van der Waals surface area contributed by atoms with Gasteiger partial charge < -0.3 is 5.32 Å². The van der Waals surface area contributed by atoms with E-state index in [9.17, 15) is 0 Å². The molecule has 110 valence electrons. The van der Waals surface area contributed by atoms with Gasteiger partial charge in [-0.3, -0.25) is 0 Å². The summed E-state index contributed by atoms with van der Waals surface area (Å²) in [5.74, 6) is 2.08. The van der Waals surface area contributed by atoms with E-state index < -0.39 is 0 Å². The maximum Gasteiger partial charge on any atom is 0.00967 e. The number of benzene rings is 1. The lowest BCUT2D eigenvalue weighted by Crippen LogP contribution is -2.44. The fraction of sp³-hybridized carbons (Fsp3) is 0.684. The number of nitrogens with one attached hydrogen (secondary N) is 1. The van der Waals surface area contributed by atoms with Crippen molar-refractivity contribution >= 4 is 0 Å². The predicted octanol–water partition coefficient (Wildman–Crippen LogP) is 4.34. The van der Waals surface area contributed by atoms with Crippen molar-refractivity contribution < 1.29 is 0 Å². The molecule has 0 bridgehead atoms. The molecule has 2 fully saturated rings. The normalized spacial score (nSPS) is 32.2. The summed E-state index contributed by atoms with van der Waals surface area (Å²) in [5, 5.41) is 3.79. The van der Waals surface area contributed by atoms with E-state index in [1.165, 1.54) is 37.8 Å². The van der Waals surface area contributed by atoms with Crippen LogP contribution in [0.5, 0.6) is 0 Å². The van der Waals surface area contributed by atoms with Gasteiger partial charge in [-0.05, 0) is 81.8 Å². The van der Waals surface area contributed by atoms with Gasteiger partial charge in [0.15, 0.2) is 0 Å². The highest BCUT2D eigenvalue weighted by Crippen LogP contribution is 2.60. The van der Waals surface area contributed by atoms with E-state index in [2.05, 4.69) is 57.3 Å². The third kappa shape index (κ3) is 3.09. The number of fused-ring (bicyclic) bond motifs is 1. The second-order valence-corrected chi connectivity index (χ2v) is 8.37. The molecule has 2 aliphatic rings. The minimum Gasteiger partial charge on any atom is -0.312 e. The largest absolute Gasteiger partial charge is 0.312 e. The van der Waals surface area contributed by atoms with Crippen molar-refractivity contribution in [3.63, 3.8) is 0 Å². The molecule has 0 saturated heterocycles. The molecular weight excluding hydrogens is 242 g/mol. The van der Waals surface area contributed by atoms with Gasteiger partial charge in [0, 0.05) is 12.1 Å². The molecule has 2 aliphatic carbocycles. The molecule has 2 atom stereocenters. The van der Waals surface area contributed by atoms with E-state index >= 15 is 0 Å². The van der Waals surface area contributed by atoms with Crippen LogP contribution in [0.1, 0.15) is 51.2 Å². The Morgan fingerprint density at radius 2 is 1.80 bits per heavy atom. The molecule has 1 aromatic carbocycles. The van der Waals surface area contributed by atoms with Crippen molar-refractivity contribution in [3.8, 4) is 0 Å². The molecule has 1 heteroatoms. The van der Waals surface area contributed by atoms with E-state index in [1.807, 2.05) is 0 Å². The molecule has 1 aromatic rings. The summed E-state index contributed by atoms with van der Waals surface area (Å²) in [6.45, 7) is 10.3. The first-order valence-electron chi connectivity index (χ1n) is 8.16. The Labute approximate surface area is 124 Å². The van der Waals surface area contributed by atoms with Crippen molar-refractivity contribution in [1.82, 2.24) is 5.32 Å². The van der Waals surface area contributed by atoms with Crippen molar-refractivity contribution in [2.75, 3.05) is 6.54 Å². The van der Waals surface area contributed by atoms with Crippen LogP contribution in [0.25, 0.3) is 0 Å². The molecule has 0 spiro atoms. The SMILES string of the molecule is Cc1ccccc1CC1(CNC(C)(C)C)CC2CC2C1. The average Bonchev–Trinajstić information content (AvgIpc) is 2.98. The molecular formula is C19H29N.